The Balaban J connectivity index is 1.46. The molecule has 0 spiro atoms. The largest absolute Gasteiger partial charge is 0.490 e. The summed E-state index contributed by atoms with van der Waals surface area (Å²) in [5.74, 6) is 0.870. The van der Waals surface area contributed by atoms with Crippen molar-refractivity contribution >= 4 is 39.7 Å². The van der Waals surface area contributed by atoms with Crippen molar-refractivity contribution in [1.82, 2.24) is 14.9 Å². The molecule has 1 saturated heterocycles. The summed E-state index contributed by atoms with van der Waals surface area (Å²) in [5, 5.41) is 7.47. The quantitative estimate of drug-likeness (QED) is 0.193. The molecule has 3 aromatic carbocycles. The highest BCUT2D eigenvalue weighted by Gasteiger charge is 2.17. The van der Waals surface area contributed by atoms with Gasteiger partial charge in [0.15, 0.2) is 0 Å². The minimum absolute atomic E-state index is 0.183. The first-order chi connectivity index (χ1) is 20.4. The number of nitrogens with one attached hydrogen (secondary N) is 2. The van der Waals surface area contributed by atoms with Crippen LogP contribution in [0.25, 0.3) is 16.5 Å². The number of nitrogens with zero attached hydrogens (tertiary/aromatic N) is 3. The third kappa shape index (κ3) is 6.86. The first kappa shape index (κ1) is 29.0. The Kier molecular flexibility index (Phi) is 9.29. The fraction of sp³-hybridized carbons (Fsp3) is 0.286. The van der Waals surface area contributed by atoms with E-state index < -0.39 is 0 Å². The highest BCUT2D eigenvalue weighted by Crippen LogP contribution is 2.31. The van der Waals surface area contributed by atoms with E-state index >= 15 is 0 Å². The van der Waals surface area contributed by atoms with Crippen LogP contribution in [0.5, 0.6) is 5.75 Å². The number of allylic oxidation sites excluding steroid dienone is 4. The number of hydrogen-bond acceptors (Lipinski definition) is 6. The second-order valence-electron chi connectivity index (χ2n) is 10.7. The van der Waals surface area contributed by atoms with Gasteiger partial charge in [0.25, 0.3) is 5.91 Å². The van der Waals surface area contributed by atoms with Crippen LogP contribution < -0.4 is 15.4 Å². The number of anilines is 3. The van der Waals surface area contributed by atoms with E-state index in [1.165, 1.54) is 12.8 Å². The number of aryl methyl sites for hydroxylation is 2. The van der Waals surface area contributed by atoms with Crippen molar-refractivity contribution in [2.45, 2.75) is 40.5 Å². The normalized spacial score (nSPS) is 14.0. The summed E-state index contributed by atoms with van der Waals surface area (Å²) in [6, 6.07) is 19.5. The molecule has 7 heteroatoms. The SMILES string of the molecule is C/C=C\C=C(/C)c1nc(Nc2ccc(C(=O)Nc3c(C)cccc3C)cc2OCCN2CCCC2)nc2ccccc12. The van der Waals surface area contributed by atoms with E-state index in [9.17, 15) is 4.79 Å². The molecule has 0 bridgehead atoms. The smallest absolute Gasteiger partial charge is 0.255 e. The molecular formula is C35H39N5O2. The molecule has 42 heavy (non-hydrogen) atoms. The molecule has 0 radical (unpaired) electrons. The maximum absolute atomic E-state index is 13.3. The second-order valence-corrected chi connectivity index (χ2v) is 10.7. The summed E-state index contributed by atoms with van der Waals surface area (Å²) >= 11 is 0. The van der Waals surface area contributed by atoms with E-state index in [2.05, 4.69) is 28.5 Å². The van der Waals surface area contributed by atoms with Gasteiger partial charge in [-0.05, 0) is 94.6 Å². The number of carbonyl (C=O) groups is 1. The number of likely N-dealkylation sites (tertiary alicyclic amines) is 1. The topological polar surface area (TPSA) is 79.4 Å². The van der Waals surface area contributed by atoms with Crippen molar-refractivity contribution in [3.05, 3.63) is 101 Å². The van der Waals surface area contributed by atoms with Crippen LogP contribution in [0, 0.1) is 13.8 Å². The first-order valence-corrected chi connectivity index (χ1v) is 14.6. The number of para-hydroxylation sites is 2. The molecule has 2 N–H and O–H groups in total. The predicted molar refractivity (Wildman–Crippen MR) is 173 cm³/mol. The molecule has 0 saturated carbocycles. The van der Waals surface area contributed by atoms with Crippen LogP contribution in [0.3, 0.4) is 0 Å². The van der Waals surface area contributed by atoms with Crippen molar-refractivity contribution in [2.75, 3.05) is 36.9 Å². The van der Waals surface area contributed by atoms with Gasteiger partial charge < -0.3 is 15.4 Å². The minimum Gasteiger partial charge on any atom is -0.490 e. The average molecular weight is 562 g/mol. The summed E-state index contributed by atoms with van der Waals surface area (Å²) in [6.07, 6.45) is 8.51. The van der Waals surface area contributed by atoms with E-state index in [4.69, 9.17) is 14.7 Å². The van der Waals surface area contributed by atoms with Gasteiger partial charge in [0, 0.05) is 23.2 Å². The lowest BCUT2D eigenvalue weighted by atomic mass is 10.1. The molecule has 7 nitrogen and oxygen atoms in total. The summed E-state index contributed by atoms with van der Waals surface area (Å²) in [4.78, 5) is 25.4. The average Bonchev–Trinajstić information content (AvgIpc) is 3.51. The van der Waals surface area contributed by atoms with Crippen LogP contribution >= 0.6 is 0 Å². The highest BCUT2D eigenvalue weighted by molar-refractivity contribution is 6.05. The molecule has 0 atom stereocenters. The lowest BCUT2D eigenvalue weighted by molar-refractivity contribution is 0.102. The summed E-state index contributed by atoms with van der Waals surface area (Å²) in [5.41, 5.74) is 6.84. The fourth-order valence-electron chi connectivity index (χ4n) is 5.25. The zero-order valence-electron chi connectivity index (χ0n) is 24.9. The first-order valence-electron chi connectivity index (χ1n) is 14.6. The Morgan fingerprint density at radius 2 is 1.76 bits per heavy atom. The minimum atomic E-state index is -0.183. The lowest BCUT2D eigenvalue weighted by Gasteiger charge is -2.18. The van der Waals surface area contributed by atoms with Crippen molar-refractivity contribution in [2.24, 2.45) is 0 Å². The van der Waals surface area contributed by atoms with Gasteiger partial charge in [-0.25, -0.2) is 9.97 Å². The van der Waals surface area contributed by atoms with Crippen LogP contribution in [-0.4, -0.2) is 47.0 Å². The van der Waals surface area contributed by atoms with E-state index in [1.54, 1.807) is 12.1 Å². The monoisotopic (exact) mass is 561 g/mol. The van der Waals surface area contributed by atoms with Crippen LogP contribution in [-0.2, 0) is 0 Å². The molecule has 1 aromatic heterocycles. The molecule has 0 aliphatic carbocycles. The maximum atomic E-state index is 13.3. The number of rotatable bonds is 10. The Morgan fingerprint density at radius 1 is 1.00 bits per heavy atom. The third-order valence-electron chi connectivity index (χ3n) is 7.59. The van der Waals surface area contributed by atoms with Gasteiger partial charge in [-0.1, -0.05) is 54.6 Å². The van der Waals surface area contributed by atoms with Crippen LogP contribution in [0.15, 0.2) is 78.9 Å². The number of fused-ring (bicyclic) bond motifs is 1. The number of hydrogen-bond donors (Lipinski definition) is 2. The summed E-state index contributed by atoms with van der Waals surface area (Å²) in [6.45, 7) is 11.6. The van der Waals surface area contributed by atoms with Crippen LogP contribution in [0.1, 0.15) is 53.9 Å². The van der Waals surface area contributed by atoms with Crippen molar-refractivity contribution in [1.29, 1.82) is 0 Å². The molecule has 2 heterocycles. The molecule has 1 aliphatic rings. The van der Waals surface area contributed by atoms with E-state index in [0.717, 1.165) is 58.6 Å². The Bertz CT molecular complexity index is 1620. The Morgan fingerprint density at radius 3 is 2.52 bits per heavy atom. The van der Waals surface area contributed by atoms with Crippen LogP contribution in [0.4, 0.5) is 17.3 Å². The predicted octanol–water partition coefficient (Wildman–Crippen LogP) is 7.70. The Labute approximate surface area is 248 Å². The number of benzene rings is 3. The Hall–Kier alpha value is -4.49. The zero-order valence-corrected chi connectivity index (χ0v) is 24.9. The zero-order chi connectivity index (χ0) is 29.5. The number of amides is 1. The molecule has 1 fully saturated rings. The van der Waals surface area contributed by atoms with Gasteiger partial charge in [0.05, 0.1) is 16.9 Å². The van der Waals surface area contributed by atoms with Gasteiger partial charge in [0.2, 0.25) is 5.95 Å². The van der Waals surface area contributed by atoms with Crippen molar-refractivity contribution < 1.29 is 9.53 Å². The molecular weight excluding hydrogens is 522 g/mol. The maximum Gasteiger partial charge on any atom is 0.255 e. The van der Waals surface area contributed by atoms with Gasteiger partial charge in [-0.15, -0.1) is 0 Å². The van der Waals surface area contributed by atoms with E-state index in [-0.39, 0.29) is 5.91 Å². The van der Waals surface area contributed by atoms with Crippen LogP contribution in [0.2, 0.25) is 0 Å². The van der Waals surface area contributed by atoms with Gasteiger partial charge in [-0.3, -0.25) is 9.69 Å². The van der Waals surface area contributed by atoms with Crippen molar-refractivity contribution in [3.8, 4) is 5.75 Å². The molecule has 4 aromatic rings. The summed E-state index contributed by atoms with van der Waals surface area (Å²) < 4.78 is 6.32. The van der Waals surface area contributed by atoms with Gasteiger partial charge in [-0.2, -0.15) is 0 Å². The molecule has 1 aliphatic heterocycles. The highest BCUT2D eigenvalue weighted by atomic mass is 16.5. The summed E-state index contributed by atoms with van der Waals surface area (Å²) in [7, 11) is 0. The number of carbonyl (C=O) groups excluding carboxylic acids is 1. The van der Waals surface area contributed by atoms with Crippen molar-refractivity contribution in [3.63, 3.8) is 0 Å². The number of ether oxygens (including phenoxy) is 1. The molecule has 216 valence electrons. The standard InChI is InChI=1S/C35H39N5O2/c1-5-6-12-26(4)33-28-15-7-8-16-29(28)36-35(39-33)37-30-18-17-27(23-31(30)42-22-21-40-19-9-10-20-40)34(41)38-32-24(2)13-11-14-25(32)3/h5-8,11-18,23H,9-10,19-22H2,1-4H3,(H,38,41)(H,36,37,39)/b6-5-,26-12+. The van der Waals surface area contributed by atoms with E-state index in [1.807, 2.05) is 81.5 Å². The molecule has 1 amide bonds. The molecule has 5 rings (SSSR count). The molecule has 0 unspecified atom stereocenters. The van der Waals surface area contributed by atoms with Gasteiger partial charge >= 0.3 is 0 Å². The van der Waals surface area contributed by atoms with Gasteiger partial charge in [0.1, 0.15) is 12.4 Å². The fourth-order valence-corrected chi connectivity index (χ4v) is 5.25. The third-order valence-corrected chi connectivity index (χ3v) is 7.59. The lowest BCUT2D eigenvalue weighted by Crippen LogP contribution is -2.25. The number of aromatic nitrogens is 2. The second kappa shape index (κ2) is 13.4. The van der Waals surface area contributed by atoms with E-state index in [0.29, 0.717) is 29.6 Å².